The van der Waals surface area contributed by atoms with Crippen LogP contribution >= 0.6 is 0 Å². The fraction of sp³-hybridized carbons (Fsp3) is 0.619. The topological polar surface area (TPSA) is 52.7 Å². The predicted molar refractivity (Wildman–Crippen MR) is 101 cm³/mol. The molecule has 3 fully saturated rings. The van der Waals surface area contributed by atoms with Gasteiger partial charge in [-0.25, -0.2) is 0 Å². The van der Waals surface area contributed by atoms with Gasteiger partial charge in [-0.05, 0) is 57.2 Å². The third kappa shape index (κ3) is 4.09. The molecule has 26 heavy (non-hydrogen) atoms. The zero-order chi connectivity index (χ0) is 17.9. The lowest BCUT2D eigenvalue weighted by Gasteiger charge is -2.42. The van der Waals surface area contributed by atoms with Crippen LogP contribution in [0.25, 0.3) is 0 Å². The van der Waals surface area contributed by atoms with Crippen LogP contribution in [-0.4, -0.2) is 59.9 Å². The number of amides is 2. The number of benzene rings is 1. The van der Waals surface area contributed by atoms with Crippen LogP contribution in [0.2, 0.25) is 0 Å². The van der Waals surface area contributed by atoms with E-state index in [9.17, 15) is 9.59 Å². The first-order valence-corrected chi connectivity index (χ1v) is 10.1. The summed E-state index contributed by atoms with van der Waals surface area (Å²) in [6.45, 7) is 3.60. The summed E-state index contributed by atoms with van der Waals surface area (Å²) < 4.78 is 0. The number of nitrogens with one attached hydrogen (secondary N) is 1. The van der Waals surface area contributed by atoms with Gasteiger partial charge in [0.25, 0.3) is 5.91 Å². The van der Waals surface area contributed by atoms with Crippen LogP contribution in [0.3, 0.4) is 0 Å². The molecular formula is C21H29N3O2. The standard InChI is InChI=1S/C21H29N3O2/c25-20(22-18-8-9-18)17-7-4-12-24(15-17)19-10-13-23(14-11-19)21(26)16-5-2-1-3-6-16/h1-3,5-6,17-19H,4,7-15H2,(H,22,25)/t17-/m1/s1. The molecule has 3 aliphatic rings. The molecule has 2 heterocycles. The van der Waals surface area contributed by atoms with Crippen molar-refractivity contribution in [2.75, 3.05) is 26.2 Å². The number of nitrogens with zero attached hydrogens (tertiary/aromatic N) is 2. The summed E-state index contributed by atoms with van der Waals surface area (Å²) in [5.41, 5.74) is 0.778. The van der Waals surface area contributed by atoms with Gasteiger partial charge in [0, 0.05) is 37.3 Å². The first-order chi connectivity index (χ1) is 12.7. The summed E-state index contributed by atoms with van der Waals surface area (Å²) in [5, 5.41) is 3.17. The molecule has 1 aliphatic carbocycles. The Morgan fingerprint density at radius 3 is 2.35 bits per heavy atom. The van der Waals surface area contributed by atoms with Crippen LogP contribution in [0.5, 0.6) is 0 Å². The van der Waals surface area contributed by atoms with Crippen molar-refractivity contribution in [2.24, 2.45) is 5.92 Å². The maximum atomic E-state index is 12.6. The third-order valence-corrected chi connectivity index (χ3v) is 6.04. The molecule has 0 bridgehead atoms. The van der Waals surface area contributed by atoms with Crippen molar-refractivity contribution >= 4 is 11.8 Å². The van der Waals surface area contributed by atoms with Gasteiger partial charge in [0.2, 0.25) is 5.91 Å². The minimum absolute atomic E-state index is 0.143. The first-order valence-electron chi connectivity index (χ1n) is 10.1. The lowest BCUT2D eigenvalue weighted by molar-refractivity contribution is -0.127. The van der Waals surface area contributed by atoms with Crippen LogP contribution in [0, 0.1) is 5.92 Å². The molecule has 2 saturated heterocycles. The normalized spacial score (nSPS) is 25.1. The van der Waals surface area contributed by atoms with E-state index in [4.69, 9.17) is 0 Å². The molecule has 1 aromatic carbocycles. The van der Waals surface area contributed by atoms with Crippen molar-refractivity contribution in [3.63, 3.8) is 0 Å². The Morgan fingerprint density at radius 2 is 1.65 bits per heavy atom. The minimum Gasteiger partial charge on any atom is -0.353 e. The summed E-state index contributed by atoms with van der Waals surface area (Å²) >= 11 is 0. The Morgan fingerprint density at radius 1 is 0.923 bits per heavy atom. The quantitative estimate of drug-likeness (QED) is 0.902. The second-order valence-corrected chi connectivity index (χ2v) is 8.01. The Bertz CT molecular complexity index is 636. The minimum atomic E-state index is 0.143. The Hall–Kier alpha value is -1.88. The largest absolute Gasteiger partial charge is 0.353 e. The van der Waals surface area contributed by atoms with Gasteiger partial charge in [-0.1, -0.05) is 18.2 Å². The number of piperidine rings is 2. The van der Waals surface area contributed by atoms with E-state index in [0.29, 0.717) is 12.1 Å². The average Bonchev–Trinajstić information content (AvgIpc) is 3.52. The van der Waals surface area contributed by atoms with Crippen LogP contribution in [-0.2, 0) is 4.79 Å². The molecule has 1 aromatic rings. The molecule has 2 amide bonds. The molecule has 0 spiro atoms. The molecule has 5 nitrogen and oxygen atoms in total. The number of carbonyl (C=O) groups excluding carboxylic acids is 2. The summed E-state index contributed by atoms with van der Waals surface area (Å²) in [6, 6.07) is 10.5. The van der Waals surface area contributed by atoms with Gasteiger partial charge in [0.1, 0.15) is 0 Å². The number of rotatable bonds is 4. The molecule has 1 saturated carbocycles. The molecule has 1 N–H and O–H groups in total. The number of likely N-dealkylation sites (tertiary alicyclic amines) is 2. The summed E-state index contributed by atoms with van der Waals surface area (Å²) in [4.78, 5) is 29.5. The van der Waals surface area contributed by atoms with Crippen LogP contribution < -0.4 is 5.32 Å². The van der Waals surface area contributed by atoms with Gasteiger partial charge in [-0.3, -0.25) is 14.5 Å². The Labute approximate surface area is 155 Å². The molecule has 0 radical (unpaired) electrons. The van der Waals surface area contributed by atoms with E-state index in [0.717, 1.165) is 70.3 Å². The number of hydrogen-bond acceptors (Lipinski definition) is 3. The van der Waals surface area contributed by atoms with Crippen molar-refractivity contribution in [1.29, 1.82) is 0 Å². The fourth-order valence-electron chi connectivity index (χ4n) is 4.30. The molecule has 1 atom stereocenters. The van der Waals surface area contributed by atoms with Crippen molar-refractivity contribution in [2.45, 2.75) is 50.6 Å². The maximum Gasteiger partial charge on any atom is 0.253 e. The van der Waals surface area contributed by atoms with E-state index in [1.807, 2.05) is 35.2 Å². The van der Waals surface area contributed by atoms with E-state index in [-0.39, 0.29) is 17.7 Å². The molecule has 2 aliphatic heterocycles. The number of hydrogen-bond donors (Lipinski definition) is 1. The third-order valence-electron chi connectivity index (χ3n) is 6.04. The van der Waals surface area contributed by atoms with E-state index in [1.54, 1.807) is 0 Å². The molecule has 5 heteroatoms. The van der Waals surface area contributed by atoms with E-state index in [1.165, 1.54) is 0 Å². The van der Waals surface area contributed by atoms with Gasteiger partial charge in [-0.15, -0.1) is 0 Å². The average molecular weight is 355 g/mol. The highest BCUT2D eigenvalue weighted by Crippen LogP contribution is 2.26. The maximum absolute atomic E-state index is 12.6. The van der Waals surface area contributed by atoms with E-state index >= 15 is 0 Å². The summed E-state index contributed by atoms with van der Waals surface area (Å²) in [6.07, 6.45) is 6.43. The van der Waals surface area contributed by atoms with Crippen LogP contribution in [0.1, 0.15) is 48.9 Å². The molecule has 0 unspecified atom stereocenters. The monoisotopic (exact) mass is 355 g/mol. The predicted octanol–water partition coefficient (Wildman–Crippen LogP) is 2.28. The highest BCUT2D eigenvalue weighted by atomic mass is 16.2. The van der Waals surface area contributed by atoms with Gasteiger partial charge < -0.3 is 10.2 Å². The second kappa shape index (κ2) is 7.78. The van der Waals surface area contributed by atoms with E-state index < -0.39 is 0 Å². The van der Waals surface area contributed by atoms with Crippen molar-refractivity contribution < 1.29 is 9.59 Å². The van der Waals surface area contributed by atoms with Crippen molar-refractivity contribution in [3.05, 3.63) is 35.9 Å². The van der Waals surface area contributed by atoms with Crippen LogP contribution in [0.4, 0.5) is 0 Å². The SMILES string of the molecule is O=C(NC1CC1)[C@@H]1CCCN(C2CCN(C(=O)c3ccccc3)CC2)C1. The van der Waals surface area contributed by atoms with Crippen molar-refractivity contribution in [3.8, 4) is 0 Å². The molecular weight excluding hydrogens is 326 g/mol. The smallest absolute Gasteiger partial charge is 0.253 e. The van der Waals surface area contributed by atoms with Gasteiger partial charge in [0.05, 0.1) is 5.92 Å². The lowest BCUT2D eigenvalue weighted by Crippen LogP contribution is -2.51. The van der Waals surface area contributed by atoms with Gasteiger partial charge in [0.15, 0.2) is 0 Å². The molecule has 140 valence electrons. The summed E-state index contributed by atoms with van der Waals surface area (Å²) in [5.74, 6) is 0.548. The zero-order valence-electron chi connectivity index (χ0n) is 15.4. The van der Waals surface area contributed by atoms with Crippen LogP contribution in [0.15, 0.2) is 30.3 Å². The Balaban J connectivity index is 1.28. The Kier molecular flexibility index (Phi) is 5.25. The second-order valence-electron chi connectivity index (χ2n) is 8.01. The van der Waals surface area contributed by atoms with Gasteiger partial charge >= 0.3 is 0 Å². The fourth-order valence-corrected chi connectivity index (χ4v) is 4.30. The highest BCUT2D eigenvalue weighted by Gasteiger charge is 2.34. The number of carbonyl (C=O) groups is 2. The molecule has 4 rings (SSSR count). The van der Waals surface area contributed by atoms with Crippen molar-refractivity contribution in [1.82, 2.24) is 15.1 Å². The first kappa shape index (κ1) is 17.5. The lowest BCUT2D eigenvalue weighted by atomic mass is 9.93. The van der Waals surface area contributed by atoms with Gasteiger partial charge in [-0.2, -0.15) is 0 Å². The highest BCUT2D eigenvalue weighted by molar-refractivity contribution is 5.94. The van der Waals surface area contributed by atoms with E-state index in [2.05, 4.69) is 10.2 Å². The zero-order valence-corrected chi connectivity index (χ0v) is 15.4. The summed E-state index contributed by atoms with van der Waals surface area (Å²) in [7, 11) is 0. The molecule has 0 aromatic heterocycles.